The minimum atomic E-state index is -0.640. The van der Waals surface area contributed by atoms with Crippen LogP contribution in [0.3, 0.4) is 0 Å². The number of hydrogen-bond acceptors (Lipinski definition) is 5. The van der Waals surface area contributed by atoms with Crippen LogP contribution in [0.15, 0.2) is 57.8 Å². The van der Waals surface area contributed by atoms with Crippen molar-refractivity contribution in [2.75, 3.05) is 0 Å². The van der Waals surface area contributed by atoms with Gasteiger partial charge >= 0.3 is 0 Å². The van der Waals surface area contributed by atoms with E-state index < -0.39 is 11.6 Å². The van der Waals surface area contributed by atoms with Gasteiger partial charge in [0.25, 0.3) is 0 Å². The zero-order valence-corrected chi connectivity index (χ0v) is 15.6. The molecule has 0 aliphatic heterocycles. The number of hydrogen-bond donors (Lipinski definition) is 1. The number of nitrogens with zero attached hydrogens (tertiary/aromatic N) is 4. The highest BCUT2D eigenvalue weighted by Gasteiger charge is 2.20. The van der Waals surface area contributed by atoms with Gasteiger partial charge < -0.3 is 9.77 Å². The predicted octanol–water partition coefficient (Wildman–Crippen LogP) is 4.69. The molecule has 0 radical (unpaired) electrons. The maximum atomic E-state index is 13.6. The van der Waals surface area contributed by atoms with Crippen LogP contribution >= 0.6 is 11.8 Å². The Kier molecular flexibility index (Phi) is 5.85. The lowest BCUT2D eigenvalue weighted by Crippen LogP contribution is -2.06. The molecular formula is C19H18F2N4OS. The molecule has 27 heavy (non-hydrogen) atoms. The van der Waals surface area contributed by atoms with E-state index in [2.05, 4.69) is 15.1 Å². The summed E-state index contributed by atoms with van der Waals surface area (Å²) in [5, 5.41) is 12.8. The van der Waals surface area contributed by atoms with Crippen LogP contribution in [0.4, 0.5) is 8.78 Å². The lowest BCUT2D eigenvalue weighted by molar-refractivity contribution is 0.321. The molecule has 140 valence electrons. The molecule has 1 N–H and O–H groups in total. The van der Waals surface area contributed by atoms with E-state index in [0.717, 1.165) is 22.3 Å². The number of oxime groups is 1. The summed E-state index contributed by atoms with van der Waals surface area (Å²) in [6, 6.07) is 7.13. The van der Waals surface area contributed by atoms with Crippen LogP contribution < -0.4 is 0 Å². The molecule has 2 aromatic heterocycles. The summed E-state index contributed by atoms with van der Waals surface area (Å²) in [7, 11) is 0. The van der Waals surface area contributed by atoms with Crippen LogP contribution in [0.1, 0.15) is 36.8 Å². The van der Waals surface area contributed by atoms with Gasteiger partial charge in [-0.3, -0.25) is 4.98 Å². The first-order chi connectivity index (χ1) is 13.0. The Morgan fingerprint density at radius 3 is 2.59 bits per heavy atom. The molecule has 0 saturated heterocycles. The maximum Gasteiger partial charge on any atom is 0.156 e. The number of aromatic nitrogens is 3. The average molecular weight is 388 g/mol. The fourth-order valence-electron chi connectivity index (χ4n) is 2.63. The number of benzene rings is 1. The SMILES string of the molecule is CC(C)c1nc(/C=N/O)n(Cc2cccnc2)c1Sc1cc(F)cc(F)c1. The second-order valence-corrected chi connectivity index (χ2v) is 7.28. The van der Waals surface area contributed by atoms with Crippen LogP contribution in [0.5, 0.6) is 0 Å². The molecule has 2 heterocycles. The van der Waals surface area contributed by atoms with E-state index in [0.29, 0.717) is 17.3 Å². The standard InChI is InChI=1S/C19H18F2N4OS/c1-12(2)18-19(27-16-7-14(20)6-15(21)8-16)25(17(24-18)10-23-26)11-13-4-3-5-22-9-13/h3-10,12,26H,11H2,1-2H3/b23-10+. The molecule has 0 spiro atoms. The van der Waals surface area contributed by atoms with Gasteiger partial charge in [0.1, 0.15) is 22.9 Å². The highest BCUT2D eigenvalue weighted by atomic mass is 32.2. The Balaban J connectivity index is 2.10. The van der Waals surface area contributed by atoms with Crippen LogP contribution in [0.2, 0.25) is 0 Å². The predicted molar refractivity (Wildman–Crippen MR) is 99.5 cm³/mol. The molecule has 0 unspecified atom stereocenters. The van der Waals surface area contributed by atoms with Crippen molar-refractivity contribution in [2.24, 2.45) is 5.16 Å². The number of pyridine rings is 1. The maximum absolute atomic E-state index is 13.6. The summed E-state index contributed by atoms with van der Waals surface area (Å²) in [6.45, 7) is 4.38. The largest absolute Gasteiger partial charge is 0.411 e. The van der Waals surface area contributed by atoms with E-state index >= 15 is 0 Å². The van der Waals surface area contributed by atoms with Crippen molar-refractivity contribution in [3.05, 3.63) is 71.4 Å². The summed E-state index contributed by atoms with van der Waals surface area (Å²) in [5.74, 6) is -0.769. The van der Waals surface area contributed by atoms with E-state index in [-0.39, 0.29) is 5.92 Å². The van der Waals surface area contributed by atoms with Gasteiger partial charge in [0.2, 0.25) is 0 Å². The third-order valence-electron chi connectivity index (χ3n) is 3.81. The normalized spacial score (nSPS) is 11.6. The van der Waals surface area contributed by atoms with Crippen molar-refractivity contribution < 1.29 is 14.0 Å². The minimum absolute atomic E-state index is 0.0619. The van der Waals surface area contributed by atoms with Crippen molar-refractivity contribution in [1.29, 1.82) is 0 Å². The zero-order chi connectivity index (χ0) is 19.4. The highest BCUT2D eigenvalue weighted by molar-refractivity contribution is 7.99. The highest BCUT2D eigenvalue weighted by Crippen LogP contribution is 2.35. The Morgan fingerprint density at radius 2 is 2.00 bits per heavy atom. The van der Waals surface area contributed by atoms with E-state index in [4.69, 9.17) is 5.21 Å². The summed E-state index contributed by atoms with van der Waals surface area (Å²) in [5.41, 5.74) is 1.67. The molecule has 3 rings (SSSR count). The Morgan fingerprint density at radius 1 is 1.26 bits per heavy atom. The molecule has 0 atom stereocenters. The van der Waals surface area contributed by atoms with Gasteiger partial charge in [-0.2, -0.15) is 0 Å². The monoisotopic (exact) mass is 388 g/mol. The van der Waals surface area contributed by atoms with Gasteiger partial charge in [-0.15, -0.1) is 0 Å². The minimum Gasteiger partial charge on any atom is -0.411 e. The van der Waals surface area contributed by atoms with Crippen molar-refractivity contribution in [3.8, 4) is 0 Å². The number of imidazole rings is 1. The lowest BCUT2D eigenvalue weighted by Gasteiger charge is -2.12. The molecule has 3 aromatic rings. The van der Waals surface area contributed by atoms with Gasteiger partial charge in [-0.1, -0.05) is 36.8 Å². The zero-order valence-electron chi connectivity index (χ0n) is 14.8. The Bertz CT molecular complexity index is 938. The first-order valence-electron chi connectivity index (χ1n) is 8.28. The molecule has 0 aliphatic carbocycles. The van der Waals surface area contributed by atoms with Gasteiger partial charge in [0, 0.05) is 23.4 Å². The molecule has 0 amide bonds. The van der Waals surface area contributed by atoms with Gasteiger partial charge in [0.05, 0.1) is 12.2 Å². The summed E-state index contributed by atoms with van der Waals surface area (Å²) >= 11 is 1.22. The van der Waals surface area contributed by atoms with Crippen molar-refractivity contribution >= 4 is 18.0 Å². The van der Waals surface area contributed by atoms with E-state index in [1.54, 1.807) is 12.4 Å². The van der Waals surface area contributed by atoms with Crippen LogP contribution in [0.25, 0.3) is 0 Å². The third-order valence-corrected chi connectivity index (χ3v) is 4.90. The first kappa shape index (κ1) is 19.0. The van der Waals surface area contributed by atoms with E-state index in [9.17, 15) is 8.78 Å². The Hall–Kier alpha value is -2.74. The van der Waals surface area contributed by atoms with Gasteiger partial charge in [-0.05, 0) is 29.7 Å². The topological polar surface area (TPSA) is 63.3 Å². The van der Waals surface area contributed by atoms with E-state index in [1.165, 1.54) is 30.1 Å². The molecule has 0 bridgehead atoms. The summed E-state index contributed by atoms with van der Waals surface area (Å²) in [6.07, 6.45) is 4.65. The van der Waals surface area contributed by atoms with Crippen molar-refractivity contribution in [3.63, 3.8) is 0 Å². The quantitative estimate of drug-likeness (QED) is 0.378. The van der Waals surface area contributed by atoms with Crippen molar-refractivity contribution in [2.45, 2.75) is 36.2 Å². The summed E-state index contributed by atoms with van der Waals surface area (Å²) in [4.78, 5) is 9.10. The molecule has 0 aliphatic rings. The van der Waals surface area contributed by atoms with Crippen LogP contribution in [-0.2, 0) is 6.54 Å². The molecule has 0 saturated carbocycles. The van der Waals surface area contributed by atoms with Crippen LogP contribution in [0, 0.1) is 11.6 Å². The Labute approximate surface area is 159 Å². The van der Waals surface area contributed by atoms with Crippen LogP contribution in [-0.4, -0.2) is 26.0 Å². The smallest absolute Gasteiger partial charge is 0.156 e. The molecule has 1 aromatic carbocycles. The number of rotatable bonds is 6. The lowest BCUT2D eigenvalue weighted by atomic mass is 10.1. The first-order valence-corrected chi connectivity index (χ1v) is 9.10. The van der Waals surface area contributed by atoms with Gasteiger partial charge in [0.15, 0.2) is 5.82 Å². The fourth-order valence-corrected chi connectivity index (χ4v) is 3.85. The third kappa shape index (κ3) is 4.51. The van der Waals surface area contributed by atoms with Crippen molar-refractivity contribution in [1.82, 2.24) is 14.5 Å². The summed E-state index contributed by atoms with van der Waals surface area (Å²) < 4.78 is 29.1. The molecular weight excluding hydrogens is 370 g/mol. The molecule has 8 heteroatoms. The average Bonchev–Trinajstić information content (AvgIpc) is 2.93. The molecule has 5 nitrogen and oxygen atoms in total. The van der Waals surface area contributed by atoms with E-state index in [1.807, 2.05) is 30.5 Å². The number of halogens is 2. The molecule has 0 fully saturated rings. The van der Waals surface area contributed by atoms with Gasteiger partial charge in [-0.25, -0.2) is 13.8 Å². The second-order valence-electron chi connectivity index (χ2n) is 6.21. The second kappa shape index (κ2) is 8.30. The fraction of sp³-hybridized carbons (Fsp3) is 0.211.